The summed E-state index contributed by atoms with van der Waals surface area (Å²) >= 11 is 2.14. The van der Waals surface area contributed by atoms with Crippen molar-refractivity contribution in [1.29, 1.82) is 0 Å². The first-order valence-electron chi connectivity index (χ1n) is 22.3. The number of thioether (sulfide) groups is 1. The molecule has 5 aliphatic rings. The maximum Gasteiger partial charge on any atom is 0.0934 e. The van der Waals surface area contributed by atoms with Crippen LogP contribution in [0.2, 0.25) is 0 Å². The first kappa shape index (κ1) is 36.7. The van der Waals surface area contributed by atoms with Gasteiger partial charge in [-0.25, -0.2) is 9.36 Å². The van der Waals surface area contributed by atoms with E-state index in [9.17, 15) is 0 Å². The van der Waals surface area contributed by atoms with Gasteiger partial charge in [0, 0.05) is 32.8 Å². The van der Waals surface area contributed by atoms with Gasteiger partial charge in [-0.15, -0.1) is 11.8 Å². The van der Waals surface area contributed by atoms with Gasteiger partial charge in [-0.3, -0.25) is 0 Å². The van der Waals surface area contributed by atoms with Crippen molar-refractivity contribution in [2.75, 3.05) is 0 Å². The first-order valence-corrected chi connectivity index (χ1v) is 23.1. The summed E-state index contributed by atoms with van der Waals surface area (Å²) in [4.78, 5) is 1.43. The van der Waals surface area contributed by atoms with E-state index in [2.05, 4.69) is 167 Å². The number of aromatic nitrogens is 4. The van der Waals surface area contributed by atoms with Gasteiger partial charge in [0.25, 0.3) is 0 Å². The third kappa shape index (κ3) is 6.91. The topological polar surface area (TPSA) is 35.6 Å². The van der Waals surface area contributed by atoms with Crippen LogP contribution in [0.15, 0.2) is 156 Å². The van der Waals surface area contributed by atoms with Gasteiger partial charge in [0.15, 0.2) is 0 Å². The van der Waals surface area contributed by atoms with Crippen molar-refractivity contribution < 1.29 is 0 Å². The van der Waals surface area contributed by atoms with Crippen LogP contribution in [0.3, 0.4) is 0 Å². The molecule has 4 aliphatic carbocycles. The number of allylic oxidation sites excluding steroid dienone is 7. The van der Waals surface area contributed by atoms with Crippen LogP contribution in [0.1, 0.15) is 106 Å². The van der Waals surface area contributed by atoms with E-state index < -0.39 is 0 Å². The number of rotatable bonds is 8. The summed E-state index contributed by atoms with van der Waals surface area (Å²) < 4.78 is 4.59. The Morgan fingerprint density at radius 3 is 1.86 bits per heavy atom. The van der Waals surface area contributed by atoms with Crippen LogP contribution in [0, 0.1) is 5.92 Å². The van der Waals surface area contributed by atoms with Crippen molar-refractivity contribution in [2.45, 2.75) is 99.0 Å². The van der Waals surface area contributed by atoms with Crippen molar-refractivity contribution in [1.82, 2.24) is 19.6 Å². The van der Waals surface area contributed by atoms with Crippen LogP contribution < -0.4 is 0 Å². The third-order valence-electron chi connectivity index (χ3n) is 13.7. The molecule has 3 heterocycles. The molecule has 4 nitrogen and oxygen atoms in total. The van der Waals surface area contributed by atoms with Gasteiger partial charge in [0.05, 0.1) is 34.2 Å². The molecule has 2 unspecified atom stereocenters. The predicted octanol–water partition coefficient (Wildman–Crippen LogP) is 14.5. The minimum Gasteiger partial charge on any atom is -0.233 e. The van der Waals surface area contributed by atoms with E-state index in [0.717, 1.165) is 41.2 Å². The second-order valence-corrected chi connectivity index (χ2v) is 18.4. The highest BCUT2D eigenvalue weighted by atomic mass is 32.2. The monoisotopic (exact) mass is 788 g/mol. The summed E-state index contributed by atoms with van der Waals surface area (Å²) in [5.74, 6) is 1.41. The molecule has 2 fully saturated rings. The SMILES string of the molecule is C1=CCCC(c2cc(-c3ccccc3)n(-c3ccc(C4CCCCC4)c4c3SC3C(C5CCCCC5)=CC(n5nc(-c6ccccc6)cc5-c5ccccc5)=CC43)n2)=C1. The molecule has 0 spiro atoms. The average molecular weight is 789 g/mol. The zero-order valence-electron chi connectivity index (χ0n) is 33.8. The van der Waals surface area contributed by atoms with Gasteiger partial charge in [-0.05, 0) is 97.4 Å². The first-order chi connectivity index (χ1) is 29.3. The maximum atomic E-state index is 5.52. The summed E-state index contributed by atoms with van der Waals surface area (Å²) in [6, 6.07) is 42.1. The Labute approximate surface area is 353 Å². The molecular weight excluding hydrogens is 737 g/mol. The molecule has 11 rings (SSSR count). The van der Waals surface area contributed by atoms with Crippen LogP contribution >= 0.6 is 11.8 Å². The maximum absolute atomic E-state index is 5.52. The second kappa shape index (κ2) is 16.0. The molecule has 0 bridgehead atoms. The summed E-state index contributed by atoms with van der Waals surface area (Å²) in [7, 11) is 0. The van der Waals surface area contributed by atoms with Gasteiger partial charge >= 0.3 is 0 Å². The number of hydrogen-bond acceptors (Lipinski definition) is 3. The van der Waals surface area contributed by atoms with E-state index in [1.807, 2.05) is 0 Å². The molecule has 2 atom stereocenters. The lowest BCUT2D eigenvalue weighted by atomic mass is 9.73. The molecule has 0 saturated heterocycles. The minimum absolute atomic E-state index is 0.248. The zero-order chi connectivity index (χ0) is 39.1. The van der Waals surface area contributed by atoms with Gasteiger partial charge < -0.3 is 0 Å². The van der Waals surface area contributed by atoms with Gasteiger partial charge in [0.2, 0.25) is 0 Å². The molecule has 1 aliphatic heterocycles. The average Bonchev–Trinajstić information content (AvgIpc) is 4.07. The molecule has 0 radical (unpaired) electrons. The van der Waals surface area contributed by atoms with E-state index in [1.54, 1.807) is 16.7 Å². The van der Waals surface area contributed by atoms with Crippen molar-refractivity contribution in [3.05, 3.63) is 168 Å². The van der Waals surface area contributed by atoms with Gasteiger partial charge in [-0.2, -0.15) is 10.2 Å². The van der Waals surface area contributed by atoms with Crippen LogP contribution in [0.25, 0.3) is 50.7 Å². The zero-order valence-corrected chi connectivity index (χ0v) is 34.7. The fourth-order valence-corrected chi connectivity index (χ4v) is 12.4. The van der Waals surface area contributed by atoms with E-state index in [0.29, 0.717) is 17.1 Å². The van der Waals surface area contributed by atoms with Gasteiger partial charge in [-0.1, -0.05) is 159 Å². The molecule has 294 valence electrons. The smallest absolute Gasteiger partial charge is 0.0934 e. The lowest BCUT2D eigenvalue weighted by Crippen LogP contribution is -2.25. The highest BCUT2D eigenvalue weighted by Crippen LogP contribution is 2.59. The largest absolute Gasteiger partial charge is 0.233 e. The van der Waals surface area contributed by atoms with Crippen molar-refractivity contribution >= 4 is 23.0 Å². The van der Waals surface area contributed by atoms with E-state index in [4.69, 9.17) is 10.2 Å². The quantitative estimate of drug-likeness (QED) is 0.154. The third-order valence-corrected chi connectivity index (χ3v) is 15.2. The molecule has 2 aromatic heterocycles. The molecule has 2 saturated carbocycles. The van der Waals surface area contributed by atoms with E-state index in [-0.39, 0.29) is 5.92 Å². The van der Waals surface area contributed by atoms with Gasteiger partial charge in [0.1, 0.15) is 0 Å². The Kier molecular flexibility index (Phi) is 9.94. The van der Waals surface area contributed by atoms with Crippen LogP contribution in [-0.4, -0.2) is 24.8 Å². The van der Waals surface area contributed by atoms with Crippen molar-refractivity contribution in [3.63, 3.8) is 0 Å². The van der Waals surface area contributed by atoms with Crippen molar-refractivity contribution in [2.24, 2.45) is 5.92 Å². The Bertz CT molecular complexity index is 2590. The summed E-state index contributed by atoms with van der Waals surface area (Å²) in [6.45, 7) is 0. The summed E-state index contributed by atoms with van der Waals surface area (Å²) in [6.07, 6.45) is 27.0. The Morgan fingerprint density at radius 1 is 0.593 bits per heavy atom. The molecule has 0 amide bonds. The Morgan fingerprint density at radius 2 is 1.20 bits per heavy atom. The number of nitrogens with zero attached hydrogens (tertiary/aromatic N) is 4. The fraction of sp³-hybridized carbons (Fsp3) is 0.296. The molecular formula is C54H52N4S. The summed E-state index contributed by atoms with van der Waals surface area (Å²) in [5.41, 5.74) is 16.4. The molecule has 4 aromatic carbocycles. The molecule has 0 N–H and O–H groups in total. The minimum atomic E-state index is 0.248. The van der Waals surface area contributed by atoms with Crippen molar-refractivity contribution in [3.8, 4) is 39.5 Å². The van der Waals surface area contributed by atoms with Crippen LogP contribution in [0.4, 0.5) is 0 Å². The molecule has 6 aromatic rings. The number of hydrogen-bond donors (Lipinski definition) is 0. The fourth-order valence-electron chi connectivity index (χ4n) is 10.7. The highest BCUT2D eigenvalue weighted by Gasteiger charge is 2.44. The summed E-state index contributed by atoms with van der Waals surface area (Å²) in [5, 5.41) is 11.3. The Balaban J connectivity index is 1.12. The normalized spacial score (nSPS) is 20.8. The predicted molar refractivity (Wildman–Crippen MR) is 246 cm³/mol. The molecule has 5 heteroatoms. The van der Waals surface area contributed by atoms with E-state index in [1.165, 1.54) is 97.2 Å². The van der Waals surface area contributed by atoms with Crippen LogP contribution in [0.5, 0.6) is 0 Å². The number of fused-ring (bicyclic) bond motifs is 3. The lowest BCUT2D eigenvalue weighted by molar-refractivity contribution is 0.393. The Hall–Kier alpha value is -5.39. The lowest BCUT2D eigenvalue weighted by Gasteiger charge is -2.34. The highest BCUT2D eigenvalue weighted by molar-refractivity contribution is 8.00. The van der Waals surface area contributed by atoms with E-state index >= 15 is 0 Å². The van der Waals surface area contributed by atoms with Crippen LogP contribution in [-0.2, 0) is 0 Å². The standard InChI is InChI=1S/C54H52N4S/c1-7-19-37(20-8-1)44-31-32-49(58-51(42-29-17-6-18-30-42)36-48(56-58)40-25-13-4-14-26-40)54-52(44)46-34-43(33-45(53(46)59-54)38-21-9-2-10-22-38)57-50(41-27-15-5-16-28-41)35-47(55-57)39-23-11-3-12-24-39/h3-6,11-13,15-18,23-25,27-38,46,53H,1-2,7-10,14,19-22,26H2. The second-order valence-electron chi connectivity index (χ2n) is 17.3. The number of benzene rings is 4. The molecule has 59 heavy (non-hydrogen) atoms.